The highest BCUT2D eigenvalue weighted by Gasteiger charge is 2.46. The largest absolute Gasteiger partial charge is 0.481 e. The molecule has 1 aliphatic carbocycles. The van der Waals surface area contributed by atoms with Crippen LogP contribution >= 0.6 is 0 Å². The Labute approximate surface area is 140 Å². The molecule has 0 aliphatic heterocycles. The summed E-state index contributed by atoms with van der Waals surface area (Å²) >= 11 is 0. The van der Waals surface area contributed by atoms with E-state index < -0.39 is 11.6 Å². The summed E-state index contributed by atoms with van der Waals surface area (Å²) in [5.74, 6) is 0.0309. The molecule has 1 amide bonds. The molecule has 1 fully saturated rings. The number of aliphatic hydroxyl groups is 1. The zero-order chi connectivity index (χ0) is 17.2. The molecule has 0 spiro atoms. The average molecular weight is 329 g/mol. The molecule has 2 aromatic rings. The van der Waals surface area contributed by atoms with E-state index in [0.717, 1.165) is 24.0 Å². The number of nitrogens with one attached hydrogen (secondary N) is 1. The molecule has 1 atom stereocenters. The number of ether oxygens (including phenoxy) is 1. The number of hydrogen-bond acceptors (Lipinski definition) is 3. The molecule has 5 heteroatoms. The van der Waals surface area contributed by atoms with Crippen molar-refractivity contribution in [3.05, 3.63) is 65.5 Å². The van der Waals surface area contributed by atoms with Gasteiger partial charge in [0, 0.05) is 0 Å². The summed E-state index contributed by atoms with van der Waals surface area (Å²) in [4.78, 5) is 12.4. The Bertz CT molecular complexity index is 726. The van der Waals surface area contributed by atoms with Gasteiger partial charge in [0.15, 0.2) is 6.10 Å². The number of amides is 1. The Kier molecular flexibility index (Phi) is 4.53. The molecule has 0 aromatic heterocycles. The second kappa shape index (κ2) is 6.61. The fraction of sp³-hybridized carbons (Fsp3) is 0.316. The zero-order valence-corrected chi connectivity index (χ0v) is 13.5. The Balaban J connectivity index is 1.64. The van der Waals surface area contributed by atoms with E-state index in [0.29, 0.717) is 5.75 Å². The van der Waals surface area contributed by atoms with Gasteiger partial charge in [-0.1, -0.05) is 24.3 Å². The van der Waals surface area contributed by atoms with Crippen LogP contribution in [0.4, 0.5) is 4.39 Å². The fourth-order valence-electron chi connectivity index (χ4n) is 2.69. The first kappa shape index (κ1) is 16.5. The van der Waals surface area contributed by atoms with Crippen molar-refractivity contribution in [1.29, 1.82) is 0 Å². The van der Waals surface area contributed by atoms with Gasteiger partial charge in [0.05, 0.1) is 12.1 Å². The average Bonchev–Trinajstić information content (AvgIpc) is 3.36. The van der Waals surface area contributed by atoms with Crippen molar-refractivity contribution in [1.82, 2.24) is 5.32 Å². The molecule has 0 saturated heterocycles. The van der Waals surface area contributed by atoms with Crippen LogP contribution in [0.25, 0.3) is 0 Å². The van der Waals surface area contributed by atoms with E-state index in [2.05, 4.69) is 5.32 Å². The monoisotopic (exact) mass is 329 g/mol. The van der Waals surface area contributed by atoms with Gasteiger partial charge in [0.25, 0.3) is 5.91 Å². The van der Waals surface area contributed by atoms with E-state index in [1.54, 1.807) is 43.3 Å². The maximum absolute atomic E-state index is 13.1. The van der Waals surface area contributed by atoms with Crippen LogP contribution in [0, 0.1) is 5.82 Å². The van der Waals surface area contributed by atoms with Crippen molar-refractivity contribution in [2.45, 2.75) is 38.0 Å². The summed E-state index contributed by atoms with van der Waals surface area (Å²) in [5, 5.41) is 12.2. The van der Waals surface area contributed by atoms with Gasteiger partial charge in [0.2, 0.25) is 0 Å². The Hall–Kier alpha value is -2.40. The van der Waals surface area contributed by atoms with Crippen LogP contribution in [0.5, 0.6) is 5.75 Å². The third kappa shape index (κ3) is 3.57. The minimum absolute atomic E-state index is 0.0779. The molecule has 126 valence electrons. The van der Waals surface area contributed by atoms with Gasteiger partial charge in [-0.3, -0.25) is 4.79 Å². The molecular weight excluding hydrogens is 309 g/mol. The third-order valence-electron chi connectivity index (χ3n) is 4.27. The first-order valence-electron chi connectivity index (χ1n) is 7.97. The van der Waals surface area contributed by atoms with E-state index >= 15 is 0 Å². The van der Waals surface area contributed by atoms with Crippen molar-refractivity contribution in [2.24, 2.45) is 0 Å². The molecule has 4 nitrogen and oxygen atoms in total. The molecule has 3 rings (SSSR count). The fourth-order valence-corrected chi connectivity index (χ4v) is 2.69. The van der Waals surface area contributed by atoms with Crippen LogP contribution in [-0.4, -0.2) is 17.1 Å². The van der Waals surface area contributed by atoms with Gasteiger partial charge in [0.1, 0.15) is 11.6 Å². The smallest absolute Gasteiger partial charge is 0.261 e. The summed E-state index contributed by atoms with van der Waals surface area (Å²) in [6, 6.07) is 13.2. The maximum atomic E-state index is 13.1. The summed E-state index contributed by atoms with van der Waals surface area (Å²) in [5.41, 5.74) is 1.23. The molecule has 2 N–H and O–H groups in total. The van der Waals surface area contributed by atoms with Crippen LogP contribution in [0.15, 0.2) is 48.5 Å². The van der Waals surface area contributed by atoms with Gasteiger partial charge in [-0.25, -0.2) is 4.39 Å². The number of aliphatic hydroxyl groups excluding tert-OH is 1. The van der Waals surface area contributed by atoms with Crippen LogP contribution in [0.1, 0.15) is 30.9 Å². The van der Waals surface area contributed by atoms with E-state index in [1.807, 2.05) is 0 Å². The van der Waals surface area contributed by atoms with Crippen LogP contribution in [0.2, 0.25) is 0 Å². The highest BCUT2D eigenvalue weighted by Crippen LogP contribution is 2.45. The predicted octanol–water partition coefficient (Wildman–Crippen LogP) is 2.89. The van der Waals surface area contributed by atoms with Crippen LogP contribution in [-0.2, 0) is 16.9 Å². The number of benzene rings is 2. The topological polar surface area (TPSA) is 58.6 Å². The molecular formula is C19H20FNO3. The van der Waals surface area contributed by atoms with Gasteiger partial charge in [-0.05, 0) is 55.2 Å². The normalized spacial score (nSPS) is 16.3. The van der Waals surface area contributed by atoms with Crippen molar-refractivity contribution < 1.29 is 19.0 Å². The molecule has 0 bridgehead atoms. The molecule has 1 saturated carbocycles. The molecule has 1 aliphatic rings. The standard InChI is InChI=1S/C19H20FNO3/c1-13(24-17-4-2-3-14(11-17)12-22)18(23)21-19(9-10-19)15-5-7-16(20)8-6-15/h2-8,11,13,22H,9-10,12H2,1H3,(H,21,23). The molecule has 1 unspecified atom stereocenters. The maximum Gasteiger partial charge on any atom is 0.261 e. The van der Waals surface area contributed by atoms with Crippen LogP contribution in [0.3, 0.4) is 0 Å². The Morgan fingerprint density at radius 1 is 1.29 bits per heavy atom. The Morgan fingerprint density at radius 2 is 2.00 bits per heavy atom. The minimum atomic E-state index is -0.670. The predicted molar refractivity (Wildman–Crippen MR) is 87.9 cm³/mol. The highest BCUT2D eigenvalue weighted by molar-refractivity contribution is 5.82. The Morgan fingerprint density at radius 3 is 2.62 bits per heavy atom. The SMILES string of the molecule is CC(Oc1cccc(CO)c1)C(=O)NC1(c2ccc(F)cc2)CC1. The highest BCUT2D eigenvalue weighted by atomic mass is 19.1. The van der Waals surface area contributed by atoms with Gasteiger partial charge in [-0.15, -0.1) is 0 Å². The number of rotatable bonds is 6. The lowest BCUT2D eigenvalue weighted by molar-refractivity contribution is -0.128. The summed E-state index contributed by atoms with van der Waals surface area (Å²) in [7, 11) is 0. The number of halogens is 1. The summed E-state index contributed by atoms with van der Waals surface area (Å²) in [6.45, 7) is 1.60. The van der Waals surface area contributed by atoms with Crippen molar-refractivity contribution in [3.8, 4) is 5.75 Å². The minimum Gasteiger partial charge on any atom is -0.481 e. The number of carbonyl (C=O) groups is 1. The lowest BCUT2D eigenvalue weighted by Crippen LogP contribution is -2.42. The lowest BCUT2D eigenvalue weighted by Gasteiger charge is -2.21. The van der Waals surface area contributed by atoms with Crippen molar-refractivity contribution in [3.63, 3.8) is 0 Å². The van der Waals surface area contributed by atoms with E-state index in [1.165, 1.54) is 12.1 Å². The second-order valence-corrected chi connectivity index (χ2v) is 6.14. The summed E-state index contributed by atoms with van der Waals surface area (Å²) in [6.07, 6.45) is 0.991. The zero-order valence-electron chi connectivity index (χ0n) is 13.5. The second-order valence-electron chi connectivity index (χ2n) is 6.14. The first-order chi connectivity index (χ1) is 11.5. The molecule has 2 aromatic carbocycles. The van der Waals surface area contributed by atoms with Gasteiger partial charge < -0.3 is 15.2 Å². The van der Waals surface area contributed by atoms with Gasteiger partial charge >= 0.3 is 0 Å². The number of carbonyl (C=O) groups excluding carboxylic acids is 1. The molecule has 24 heavy (non-hydrogen) atoms. The van der Waals surface area contributed by atoms with Crippen LogP contribution < -0.4 is 10.1 Å². The molecule has 0 heterocycles. The quantitative estimate of drug-likeness (QED) is 0.857. The van der Waals surface area contributed by atoms with Gasteiger partial charge in [-0.2, -0.15) is 0 Å². The third-order valence-corrected chi connectivity index (χ3v) is 4.27. The summed E-state index contributed by atoms with van der Waals surface area (Å²) < 4.78 is 18.7. The van der Waals surface area contributed by atoms with Crippen molar-refractivity contribution >= 4 is 5.91 Å². The van der Waals surface area contributed by atoms with E-state index in [-0.39, 0.29) is 18.3 Å². The van der Waals surface area contributed by atoms with E-state index in [4.69, 9.17) is 9.84 Å². The number of hydrogen-bond donors (Lipinski definition) is 2. The lowest BCUT2D eigenvalue weighted by atomic mass is 10.0. The van der Waals surface area contributed by atoms with Crippen molar-refractivity contribution in [2.75, 3.05) is 0 Å². The first-order valence-corrected chi connectivity index (χ1v) is 7.97. The van der Waals surface area contributed by atoms with E-state index in [9.17, 15) is 9.18 Å². The molecule has 0 radical (unpaired) electrons.